The lowest BCUT2D eigenvalue weighted by Gasteiger charge is -2.19. The molecule has 3 heteroatoms. The van der Waals surface area contributed by atoms with Gasteiger partial charge in [-0.3, -0.25) is 0 Å². The average molecular weight is 154 g/mol. The van der Waals surface area contributed by atoms with Crippen LogP contribution in [0.25, 0.3) is 0 Å². The Morgan fingerprint density at radius 2 is 2.45 bits per heavy atom. The largest absolute Gasteiger partial charge is 0.462 e. The summed E-state index contributed by atoms with van der Waals surface area (Å²) in [5.74, 6) is -0.287. The Labute approximate surface area is 64.7 Å². The van der Waals surface area contributed by atoms with Gasteiger partial charge < -0.3 is 9.84 Å². The van der Waals surface area contributed by atoms with E-state index in [0.717, 1.165) is 12.8 Å². The maximum atomic E-state index is 11.0. The summed E-state index contributed by atoms with van der Waals surface area (Å²) in [6.45, 7) is 0.367. The van der Waals surface area contributed by atoms with Gasteiger partial charge in [-0.05, 0) is 12.8 Å². The zero-order chi connectivity index (χ0) is 7.84. The van der Waals surface area contributed by atoms with E-state index in [2.05, 4.69) is 0 Å². The molecule has 1 fully saturated rings. The van der Waals surface area contributed by atoms with Gasteiger partial charge >= 0.3 is 5.97 Å². The van der Waals surface area contributed by atoms with Gasteiger partial charge in [-0.1, -0.05) is 6.08 Å². The summed E-state index contributed by atoms with van der Waals surface area (Å²) >= 11 is 0. The first-order chi connectivity index (χ1) is 5.29. The fourth-order valence-electron chi connectivity index (χ4n) is 1.65. The fourth-order valence-corrected chi connectivity index (χ4v) is 1.65. The number of carbonyl (C=O) groups excluding carboxylic acids is 1. The molecule has 1 heterocycles. The van der Waals surface area contributed by atoms with Crippen molar-refractivity contribution in [3.8, 4) is 0 Å². The highest BCUT2D eigenvalue weighted by atomic mass is 16.5. The Morgan fingerprint density at radius 3 is 3.18 bits per heavy atom. The summed E-state index contributed by atoms with van der Waals surface area (Å²) in [6.07, 6.45) is 3.06. The molecule has 0 radical (unpaired) electrons. The Morgan fingerprint density at radius 1 is 1.64 bits per heavy atom. The number of aliphatic hydroxyl groups excluding tert-OH is 1. The van der Waals surface area contributed by atoms with E-state index < -0.39 is 0 Å². The lowest BCUT2D eigenvalue weighted by molar-refractivity contribution is -0.135. The van der Waals surface area contributed by atoms with E-state index in [1.54, 1.807) is 0 Å². The van der Waals surface area contributed by atoms with E-state index in [1.807, 2.05) is 6.08 Å². The summed E-state index contributed by atoms with van der Waals surface area (Å²) in [4.78, 5) is 11.0. The topological polar surface area (TPSA) is 46.5 Å². The Balaban J connectivity index is 2.28. The second-order valence-corrected chi connectivity index (χ2v) is 3.01. The first kappa shape index (κ1) is 6.85. The van der Waals surface area contributed by atoms with Crippen LogP contribution in [0.15, 0.2) is 11.6 Å². The lowest BCUT2D eigenvalue weighted by Crippen LogP contribution is -2.25. The van der Waals surface area contributed by atoms with E-state index in [4.69, 9.17) is 4.74 Å². The molecule has 3 nitrogen and oxygen atoms in total. The maximum absolute atomic E-state index is 11.0. The normalized spacial score (nSPS) is 36.1. The molecule has 0 amide bonds. The predicted octanol–water partition coefficient (Wildman–Crippen LogP) is 0.240. The SMILES string of the molecule is O=C1OC[C@H]2C1=CCC[C@H]2O. The van der Waals surface area contributed by atoms with Crippen LogP contribution in [0.2, 0.25) is 0 Å². The van der Waals surface area contributed by atoms with Gasteiger partial charge in [0.15, 0.2) is 0 Å². The summed E-state index contributed by atoms with van der Waals surface area (Å²) in [7, 11) is 0. The number of hydrogen-bond acceptors (Lipinski definition) is 3. The van der Waals surface area contributed by atoms with Crippen LogP contribution in [0.5, 0.6) is 0 Å². The number of rotatable bonds is 0. The third-order valence-corrected chi connectivity index (χ3v) is 2.32. The van der Waals surface area contributed by atoms with Gasteiger partial charge in [0.2, 0.25) is 0 Å². The molecule has 0 aromatic carbocycles. The van der Waals surface area contributed by atoms with Crippen LogP contribution < -0.4 is 0 Å². The minimum Gasteiger partial charge on any atom is -0.462 e. The van der Waals surface area contributed by atoms with Crippen molar-refractivity contribution in [2.24, 2.45) is 5.92 Å². The van der Waals surface area contributed by atoms with Crippen molar-refractivity contribution in [2.75, 3.05) is 6.61 Å². The molecule has 0 unspecified atom stereocenters. The number of fused-ring (bicyclic) bond motifs is 1. The van der Waals surface area contributed by atoms with Crippen LogP contribution in [0.4, 0.5) is 0 Å². The van der Waals surface area contributed by atoms with E-state index in [-0.39, 0.29) is 18.0 Å². The fraction of sp³-hybridized carbons (Fsp3) is 0.625. The van der Waals surface area contributed by atoms with E-state index in [9.17, 15) is 9.90 Å². The summed E-state index contributed by atoms with van der Waals surface area (Å²) in [5.41, 5.74) is 0.684. The zero-order valence-corrected chi connectivity index (χ0v) is 6.12. The van der Waals surface area contributed by atoms with Gasteiger partial charge in [0.05, 0.1) is 12.0 Å². The first-order valence-electron chi connectivity index (χ1n) is 3.84. The number of cyclic esters (lactones) is 1. The Hall–Kier alpha value is -0.830. The van der Waals surface area contributed by atoms with Gasteiger partial charge in [0, 0.05) is 5.57 Å². The van der Waals surface area contributed by atoms with Crippen LogP contribution >= 0.6 is 0 Å². The molecule has 0 saturated carbocycles. The van der Waals surface area contributed by atoms with Crippen molar-refractivity contribution in [1.82, 2.24) is 0 Å². The van der Waals surface area contributed by atoms with Crippen molar-refractivity contribution in [2.45, 2.75) is 18.9 Å². The number of ether oxygens (including phenoxy) is 1. The molecule has 1 aliphatic carbocycles. The smallest absolute Gasteiger partial charge is 0.334 e. The maximum Gasteiger partial charge on any atom is 0.334 e. The summed E-state index contributed by atoms with van der Waals surface area (Å²) < 4.78 is 4.80. The average Bonchev–Trinajstić information content (AvgIpc) is 2.35. The number of esters is 1. The molecule has 1 N–H and O–H groups in total. The number of carbonyl (C=O) groups is 1. The third kappa shape index (κ3) is 0.959. The molecule has 0 aromatic rings. The van der Waals surface area contributed by atoms with Crippen LogP contribution in [-0.2, 0) is 9.53 Å². The van der Waals surface area contributed by atoms with Crippen molar-refractivity contribution >= 4 is 5.97 Å². The molecule has 0 spiro atoms. The molecule has 60 valence electrons. The first-order valence-corrected chi connectivity index (χ1v) is 3.84. The van der Waals surface area contributed by atoms with Crippen LogP contribution in [-0.4, -0.2) is 23.8 Å². The summed E-state index contributed by atoms with van der Waals surface area (Å²) in [5, 5.41) is 9.42. The second-order valence-electron chi connectivity index (χ2n) is 3.01. The molecular weight excluding hydrogens is 144 g/mol. The number of allylic oxidation sites excluding steroid dienone is 1. The monoisotopic (exact) mass is 154 g/mol. The highest BCUT2D eigenvalue weighted by molar-refractivity contribution is 5.91. The molecule has 2 atom stereocenters. The molecule has 2 rings (SSSR count). The number of aliphatic hydroxyl groups is 1. The molecule has 2 aliphatic rings. The third-order valence-electron chi connectivity index (χ3n) is 2.32. The van der Waals surface area contributed by atoms with E-state index >= 15 is 0 Å². The minimum atomic E-state index is -0.374. The molecule has 1 saturated heterocycles. The van der Waals surface area contributed by atoms with Crippen molar-refractivity contribution in [1.29, 1.82) is 0 Å². The van der Waals surface area contributed by atoms with Crippen LogP contribution in [0.1, 0.15) is 12.8 Å². The van der Waals surface area contributed by atoms with Gasteiger partial charge in [-0.15, -0.1) is 0 Å². The van der Waals surface area contributed by atoms with Gasteiger partial charge in [-0.25, -0.2) is 4.79 Å². The molecule has 1 aliphatic heterocycles. The van der Waals surface area contributed by atoms with Gasteiger partial charge in [0.1, 0.15) is 6.61 Å². The van der Waals surface area contributed by atoms with Crippen LogP contribution in [0, 0.1) is 5.92 Å². The van der Waals surface area contributed by atoms with Crippen molar-refractivity contribution in [3.05, 3.63) is 11.6 Å². The molecule has 11 heavy (non-hydrogen) atoms. The Kier molecular flexibility index (Phi) is 1.46. The zero-order valence-electron chi connectivity index (χ0n) is 6.12. The van der Waals surface area contributed by atoms with Gasteiger partial charge in [0.25, 0.3) is 0 Å². The second kappa shape index (κ2) is 2.34. The minimum absolute atomic E-state index is 0.0451. The highest BCUT2D eigenvalue weighted by Crippen LogP contribution is 2.30. The van der Waals surface area contributed by atoms with Crippen molar-refractivity contribution in [3.63, 3.8) is 0 Å². The van der Waals surface area contributed by atoms with E-state index in [1.165, 1.54) is 0 Å². The number of hydrogen-bond donors (Lipinski definition) is 1. The highest BCUT2D eigenvalue weighted by Gasteiger charge is 2.37. The van der Waals surface area contributed by atoms with Gasteiger partial charge in [-0.2, -0.15) is 0 Å². The van der Waals surface area contributed by atoms with Crippen LogP contribution in [0.3, 0.4) is 0 Å². The van der Waals surface area contributed by atoms with E-state index in [0.29, 0.717) is 12.2 Å². The summed E-state index contributed by atoms with van der Waals surface area (Å²) in [6, 6.07) is 0. The standard InChI is InChI=1S/C8H10O3/c9-7-3-1-2-5-6(7)4-11-8(5)10/h2,6-7,9H,1,3-4H2/t6-,7+/m0/s1. The molecule has 0 bridgehead atoms. The molecular formula is C8H10O3. The quantitative estimate of drug-likeness (QED) is 0.508. The van der Waals surface area contributed by atoms with Crippen molar-refractivity contribution < 1.29 is 14.6 Å². The predicted molar refractivity (Wildman–Crippen MR) is 37.8 cm³/mol. The molecule has 0 aromatic heterocycles. The lowest BCUT2D eigenvalue weighted by atomic mass is 9.87. The Bertz CT molecular complexity index is 219.